The van der Waals surface area contributed by atoms with Gasteiger partial charge in [-0.15, -0.1) is 0 Å². The Morgan fingerprint density at radius 1 is 1.37 bits per heavy atom. The molecule has 2 heterocycles. The van der Waals surface area contributed by atoms with E-state index in [9.17, 15) is 14.4 Å². The van der Waals surface area contributed by atoms with Gasteiger partial charge in [0.1, 0.15) is 11.4 Å². The molecular weight excluding hydrogens is 370 g/mol. The van der Waals surface area contributed by atoms with Gasteiger partial charge in [0.05, 0.1) is 12.5 Å². The quantitative estimate of drug-likeness (QED) is 0.811. The Bertz CT molecular complexity index is 941. The molecule has 1 aliphatic heterocycles. The van der Waals surface area contributed by atoms with Crippen molar-refractivity contribution in [3.8, 4) is 0 Å². The molecule has 0 fully saturated rings. The summed E-state index contributed by atoms with van der Waals surface area (Å²) in [7, 11) is 0. The molecule has 0 spiro atoms. The molecule has 0 radical (unpaired) electrons. The smallest absolute Gasteiger partial charge is 0.345 e. The van der Waals surface area contributed by atoms with Crippen molar-refractivity contribution in [3.63, 3.8) is 0 Å². The monoisotopic (exact) mass is 389 g/mol. The van der Waals surface area contributed by atoms with E-state index >= 15 is 0 Å². The number of anilines is 1. The third-order valence-electron chi connectivity index (χ3n) is 4.55. The van der Waals surface area contributed by atoms with Gasteiger partial charge in [-0.25, -0.2) is 9.78 Å². The number of esters is 1. The van der Waals surface area contributed by atoms with Crippen molar-refractivity contribution in [2.45, 2.75) is 38.6 Å². The maximum atomic E-state index is 12.8. The second-order valence-corrected chi connectivity index (χ2v) is 6.84. The highest BCUT2D eigenvalue weighted by Gasteiger charge is 2.33. The van der Waals surface area contributed by atoms with Crippen LogP contribution < -0.4 is 10.9 Å². The molecule has 2 aromatic rings. The number of carbonyl (C=O) groups is 2. The van der Waals surface area contributed by atoms with Gasteiger partial charge < -0.3 is 10.1 Å². The summed E-state index contributed by atoms with van der Waals surface area (Å²) >= 11 is 5.95. The van der Waals surface area contributed by atoms with Crippen LogP contribution in [0.5, 0.6) is 0 Å². The first-order chi connectivity index (χ1) is 12.9. The normalized spacial score (nSPS) is 18.5. The molecule has 1 amide bonds. The van der Waals surface area contributed by atoms with Gasteiger partial charge in [0, 0.05) is 22.9 Å². The lowest BCUT2D eigenvalue weighted by atomic mass is 9.93. The first kappa shape index (κ1) is 19.1. The lowest BCUT2D eigenvalue weighted by molar-refractivity contribution is -0.118. The number of amides is 1. The number of benzene rings is 1. The summed E-state index contributed by atoms with van der Waals surface area (Å²) in [5.74, 6) is -1.22. The van der Waals surface area contributed by atoms with Crippen LogP contribution in [0, 0.1) is 0 Å². The predicted molar refractivity (Wildman–Crippen MR) is 101 cm³/mol. The van der Waals surface area contributed by atoms with E-state index < -0.39 is 17.4 Å². The summed E-state index contributed by atoms with van der Waals surface area (Å²) < 4.78 is 6.34. The van der Waals surface area contributed by atoms with E-state index in [0.29, 0.717) is 29.4 Å². The highest BCUT2D eigenvalue weighted by molar-refractivity contribution is 6.30. The fourth-order valence-electron chi connectivity index (χ4n) is 3.22. The topological polar surface area (TPSA) is 90.3 Å². The Kier molecular flexibility index (Phi) is 5.60. The number of ether oxygens (including phenoxy) is 1. The van der Waals surface area contributed by atoms with Crippen LogP contribution in [0.2, 0.25) is 5.02 Å². The number of aromatic nitrogens is 2. The summed E-state index contributed by atoms with van der Waals surface area (Å²) in [6.07, 6.45) is 2.37. The number of halogens is 1. The first-order valence-corrected chi connectivity index (χ1v) is 9.15. The zero-order valence-electron chi connectivity index (χ0n) is 15.1. The summed E-state index contributed by atoms with van der Waals surface area (Å²) in [5, 5.41) is 3.33. The summed E-state index contributed by atoms with van der Waals surface area (Å²) in [6, 6.07) is 6.68. The van der Waals surface area contributed by atoms with Crippen LogP contribution in [0.3, 0.4) is 0 Å². The molecule has 0 saturated heterocycles. The van der Waals surface area contributed by atoms with E-state index in [2.05, 4.69) is 10.3 Å². The highest BCUT2D eigenvalue weighted by Crippen LogP contribution is 2.32. The van der Waals surface area contributed by atoms with Crippen molar-refractivity contribution in [1.82, 2.24) is 9.55 Å². The van der Waals surface area contributed by atoms with E-state index in [1.54, 1.807) is 31.2 Å². The summed E-state index contributed by atoms with van der Waals surface area (Å²) in [5.41, 5.74) is -0.0299. The van der Waals surface area contributed by atoms with Gasteiger partial charge >= 0.3 is 5.97 Å². The third kappa shape index (κ3) is 3.88. The van der Waals surface area contributed by atoms with Crippen molar-refractivity contribution >= 4 is 29.2 Å². The van der Waals surface area contributed by atoms with Crippen molar-refractivity contribution in [1.29, 1.82) is 0 Å². The zero-order valence-corrected chi connectivity index (χ0v) is 15.8. The minimum atomic E-state index is -0.706. The molecule has 2 atom stereocenters. The van der Waals surface area contributed by atoms with Gasteiger partial charge in [0.25, 0.3) is 5.56 Å². The Labute approximate surface area is 161 Å². The maximum Gasteiger partial charge on any atom is 0.345 e. The van der Waals surface area contributed by atoms with E-state index in [0.717, 1.165) is 0 Å². The molecule has 2 unspecified atom stereocenters. The first-order valence-electron chi connectivity index (χ1n) is 8.77. The Morgan fingerprint density at radius 2 is 2.15 bits per heavy atom. The number of fused-ring (bicyclic) bond motifs is 1. The van der Waals surface area contributed by atoms with Crippen LogP contribution in [0.1, 0.15) is 54.8 Å². The molecule has 27 heavy (non-hydrogen) atoms. The molecule has 3 rings (SSSR count). The van der Waals surface area contributed by atoms with Crippen LogP contribution in [-0.4, -0.2) is 28.0 Å². The van der Waals surface area contributed by atoms with Crippen LogP contribution in [0.15, 0.2) is 35.3 Å². The maximum absolute atomic E-state index is 12.8. The molecular formula is C19H20ClN3O4. The Balaban J connectivity index is 1.94. The molecule has 1 aliphatic rings. The predicted octanol–water partition coefficient (Wildman–Crippen LogP) is 3.15. The molecule has 0 saturated carbocycles. The lowest BCUT2D eigenvalue weighted by Gasteiger charge is -2.29. The number of carbonyl (C=O) groups excluding carboxylic acids is 2. The fourth-order valence-corrected chi connectivity index (χ4v) is 3.41. The Morgan fingerprint density at radius 3 is 2.85 bits per heavy atom. The van der Waals surface area contributed by atoms with Gasteiger partial charge in [-0.1, -0.05) is 17.7 Å². The van der Waals surface area contributed by atoms with Crippen LogP contribution in [0.4, 0.5) is 5.69 Å². The van der Waals surface area contributed by atoms with Crippen molar-refractivity contribution in [2.24, 2.45) is 0 Å². The number of rotatable bonds is 4. The van der Waals surface area contributed by atoms with Crippen molar-refractivity contribution < 1.29 is 14.3 Å². The zero-order chi connectivity index (χ0) is 19.6. The standard InChI is InChI=1S/C19H20ClN3O4/c1-3-27-19(26)15-10-21-16-14(8-7-11(2)23(16)18(15)25)17(24)22-13-6-4-5-12(20)9-13/h4-6,9-11,14H,3,7-8H2,1-2H3,(H,22,24). The second kappa shape index (κ2) is 7.92. The lowest BCUT2D eigenvalue weighted by Crippen LogP contribution is -2.39. The van der Waals surface area contributed by atoms with Gasteiger partial charge in [0.2, 0.25) is 5.91 Å². The molecule has 1 N–H and O–H groups in total. The van der Waals surface area contributed by atoms with Crippen LogP contribution in [-0.2, 0) is 9.53 Å². The molecule has 7 nitrogen and oxygen atoms in total. The van der Waals surface area contributed by atoms with Crippen molar-refractivity contribution in [2.75, 3.05) is 11.9 Å². The summed E-state index contributed by atoms with van der Waals surface area (Å²) in [6.45, 7) is 3.70. The number of nitrogens with zero attached hydrogens (tertiary/aromatic N) is 2. The van der Waals surface area contributed by atoms with E-state index in [1.807, 2.05) is 6.92 Å². The highest BCUT2D eigenvalue weighted by atomic mass is 35.5. The summed E-state index contributed by atoms with van der Waals surface area (Å²) in [4.78, 5) is 41.8. The SMILES string of the molecule is CCOC(=O)c1cnc2n(c1=O)C(C)CCC2C(=O)Nc1cccc(Cl)c1. The van der Waals surface area contributed by atoms with Gasteiger partial charge in [-0.2, -0.15) is 0 Å². The average Bonchev–Trinajstić information content (AvgIpc) is 2.62. The van der Waals surface area contributed by atoms with Gasteiger partial charge in [-0.05, 0) is 44.9 Å². The minimum absolute atomic E-state index is 0.122. The number of hydrogen-bond donors (Lipinski definition) is 1. The molecule has 1 aromatic heterocycles. The Hall–Kier alpha value is -2.67. The molecule has 142 valence electrons. The molecule has 8 heteroatoms. The van der Waals surface area contributed by atoms with E-state index in [1.165, 1.54) is 10.8 Å². The van der Waals surface area contributed by atoms with Gasteiger partial charge in [0.15, 0.2) is 0 Å². The molecule has 1 aromatic carbocycles. The minimum Gasteiger partial charge on any atom is -0.462 e. The fraction of sp³-hybridized carbons (Fsp3) is 0.368. The van der Waals surface area contributed by atoms with Crippen LogP contribution >= 0.6 is 11.6 Å². The van der Waals surface area contributed by atoms with Crippen molar-refractivity contribution in [3.05, 3.63) is 57.2 Å². The average molecular weight is 390 g/mol. The largest absolute Gasteiger partial charge is 0.462 e. The molecule has 0 bridgehead atoms. The van der Waals surface area contributed by atoms with E-state index in [4.69, 9.17) is 16.3 Å². The second-order valence-electron chi connectivity index (χ2n) is 6.40. The number of nitrogens with one attached hydrogen (secondary N) is 1. The van der Waals surface area contributed by atoms with E-state index in [-0.39, 0.29) is 24.1 Å². The number of hydrogen-bond acceptors (Lipinski definition) is 5. The molecule has 0 aliphatic carbocycles. The van der Waals surface area contributed by atoms with Crippen LogP contribution in [0.25, 0.3) is 0 Å². The third-order valence-corrected chi connectivity index (χ3v) is 4.79. The van der Waals surface area contributed by atoms with Gasteiger partial charge in [-0.3, -0.25) is 14.2 Å².